The Kier molecular flexibility index (Phi) is 22.1. The molecule has 184 valence electrons. The van der Waals surface area contributed by atoms with Gasteiger partial charge in [0.1, 0.15) is 0 Å². The smallest absolute Gasteiger partial charge is 0.320 e. The van der Waals surface area contributed by atoms with Gasteiger partial charge in [-0.15, -0.1) is 0 Å². The molecule has 0 spiro atoms. The Morgan fingerprint density at radius 3 is 1.52 bits per heavy atom. The van der Waals surface area contributed by atoms with Crippen molar-refractivity contribution in [3.63, 3.8) is 0 Å². The minimum atomic E-state index is -0.767. The van der Waals surface area contributed by atoms with Gasteiger partial charge in [-0.25, -0.2) is 0 Å². The molecule has 31 heavy (non-hydrogen) atoms. The number of carbonyl (C=O) groups is 3. The largest absolute Gasteiger partial charge is 0.466 e. The summed E-state index contributed by atoms with van der Waals surface area (Å²) < 4.78 is 14.7. The van der Waals surface area contributed by atoms with Gasteiger partial charge in [-0.05, 0) is 45.4 Å². The van der Waals surface area contributed by atoms with Crippen molar-refractivity contribution in [1.29, 1.82) is 0 Å². The fourth-order valence-corrected chi connectivity index (χ4v) is 3.14. The van der Waals surface area contributed by atoms with Crippen LogP contribution >= 0.6 is 0 Å². The summed E-state index contributed by atoms with van der Waals surface area (Å²) in [4.78, 5) is 34.5. The Hall–Kier alpha value is -1.59. The molecule has 0 aliphatic rings. The van der Waals surface area contributed by atoms with E-state index >= 15 is 0 Å². The second-order valence-corrected chi connectivity index (χ2v) is 8.13. The molecule has 0 N–H and O–H groups in total. The number of hydrogen-bond acceptors (Lipinski definition) is 6. The lowest BCUT2D eigenvalue weighted by Crippen LogP contribution is -2.29. The van der Waals surface area contributed by atoms with Gasteiger partial charge in [-0.3, -0.25) is 14.4 Å². The van der Waals surface area contributed by atoms with E-state index in [0.29, 0.717) is 31.3 Å². The van der Waals surface area contributed by atoms with Crippen LogP contribution in [0.15, 0.2) is 0 Å². The van der Waals surface area contributed by atoms with E-state index in [4.69, 9.17) is 14.2 Å². The van der Waals surface area contributed by atoms with Crippen molar-refractivity contribution in [3.8, 4) is 0 Å². The van der Waals surface area contributed by atoms with Gasteiger partial charge in [0, 0.05) is 6.42 Å². The fraction of sp³-hybridized carbons (Fsp3) is 0.880. The van der Waals surface area contributed by atoms with Crippen LogP contribution in [0.1, 0.15) is 106 Å². The van der Waals surface area contributed by atoms with Crippen molar-refractivity contribution >= 4 is 17.9 Å². The highest BCUT2D eigenvalue weighted by Gasteiger charge is 2.30. The maximum absolute atomic E-state index is 11.7. The van der Waals surface area contributed by atoms with Gasteiger partial charge in [0.15, 0.2) is 5.92 Å². The fourth-order valence-electron chi connectivity index (χ4n) is 3.14. The normalized spacial score (nSPS) is 12.4. The number of esters is 3. The average molecular weight is 445 g/mol. The molecule has 0 aromatic carbocycles. The van der Waals surface area contributed by atoms with Gasteiger partial charge in [-0.1, -0.05) is 66.2 Å². The molecule has 0 fully saturated rings. The Bertz CT molecular complexity index is 445. The Balaban J connectivity index is 0. The highest BCUT2D eigenvalue weighted by molar-refractivity contribution is 5.94. The number of rotatable bonds is 16. The molecular formula is C25H48O6. The minimum absolute atomic E-state index is 0.0501. The summed E-state index contributed by atoms with van der Waals surface area (Å²) in [5.41, 5.74) is 0. The highest BCUT2D eigenvalue weighted by Crippen LogP contribution is 2.20. The molecule has 0 aromatic heterocycles. The van der Waals surface area contributed by atoms with Gasteiger partial charge in [0.05, 0.1) is 19.8 Å². The maximum atomic E-state index is 11.7. The molecule has 0 saturated carbocycles. The van der Waals surface area contributed by atoms with E-state index in [0.717, 1.165) is 25.7 Å². The standard InChI is InChI=1S/C14H26O4.C11H22O2/c1-5-8-9-11(4)10-12(13(15)17-6-2)14(16)18-7-3;1-4-6-7-10(3)8-9-11(12)13-5-2/h11-12H,5-10H2,1-4H3;10H,4-9H2,1-3H3. The van der Waals surface area contributed by atoms with E-state index in [9.17, 15) is 14.4 Å². The molecule has 0 aromatic rings. The van der Waals surface area contributed by atoms with Crippen LogP contribution in [0.2, 0.25) is 0 Å². The molecular weight excluding hydrogens is 396 g/mol. The lowest BCUT2D eigenvalue weighted by Gasteiger charge is -2.18. The number of carbonyl (C=O) groups excluding carboxylic acids is 3. The van der Waals surface area contributed by atoms with Crippen LogP contribution in [0.5, 0.6) is 0 Å². The van der Waals surface area contributed by atoms with E-state index in [1.165, 1.54) is 19.3 Å². The van der Waals surface area contributed by atoms with Crippen LogP contribution in [-0.4, -0.2) is 37.7 Å². The zero-order chi connectivity index (χ0) is 24.1. The first-order valence-electron chi connectivity index (χ1n) is 12.3. The van der Waals surface area contributed by atoms with Crippen LogP contribution in [0.4, 0.5) is 0 Å². The quantitative estimate of drug-likeness (QED) is 0.162. The maximum Gasteiger partial charge on any atom is 0.320 e. The molecule has 0 radical (unpaired) electrons. The summed E-state index contributed by atoms with van der Waals surface area (Å²) in [5, 5.41) is 0. The van der Waals surface area contributed by atoms with Crippen molar-refractivity contribution in [2.75, 3.05) is 19.8 Å². The molecule has 0 aliphatic carbocycles. The van der Waals surface area contributed by atoms with Crippen LogP contribution in [-0.2, 0) is 28.6 Å². The topological polar surface area (TPSA) is 78.9 Å². The molecule has 2 atom stereocenters. The molecule has 0 bridgehead atoms. The molecule has 0 amide bonds. The van der Waals surface area contributed by atoms with Crippen molar-refractivity contribution < 1.29 is 28.6 Å². The number of ether oxygens (including phenoxy) is 3. The second kappa shape index (κ2) is 21.6. The monoisotopic (exact) mass is 444 g/mol. The first-order chi connectivity index (χ1) is 14.8. The number of hydrogen-bond donors (Lipinski definition) is 0. The van der Waals surface area contributed by atoms with E-state index in [2.05, 4.69) is 27.7 Å². The molecule has 2 unspecified atom stereocenters. The lowest BCUT2D eigenvalue weighted by molar-refractivity contribution is -0.162. The second-order valence-electron chi connectivity index (χ2n) is 8.13. The van der Waals surface area contributed by atoms with Gasteiger partial charge >= 0.3 is 17.9 Å². The highest BCUT2D eigenvalue weighted by atomic mass is 16.6. The minimum Gasteiger partial charge on any atom is -0.466 e. The molecule has 0 saturated heterocycles. The Morgan fingerprint density at radius 1 is 0.645 bits per heavy atom. The van der Waals surface area contributed by atoms with Gasteiger partial charge in [0.25, 0.3) is 0 Å². The first-order valence-corrected chi connectivity index (χ1v) is 12.3. The Morgan fingerprint density at radius 2 is 1.10 bits per heavy atom. The summed E-state index contributed by atoms with van der Waals surface area (Å²) in [6, 6.07) is 0. The van der Waals surface area contributed by atoms with Crippen molar-refractivity contribution in [2.45, 2.75) is 106 Å². The first kappa shape index (κ1) is 31.6. The zero-order valence-electron chi connectivity index (χ0n) is 21.2. The van der Waals surface area contributed by atoms with Crippen molar-refractivity contribution in [3.05, 3.63) is 0 Å². The molecule has 6 nitrogen and oxygen atoms in total. The van der Waals surface area contributed by atoms with Crippen LogP contribution in [0.3, 0.4) is 0 Å². The van der Waals surface area contributed by atoms with E-state index in [-0.39, 0.29) is 19.2 Å². The van der Waals surface area contributed by atoms with Gasteiger partial charge in [0.2, 0.25) is 0 Å². The zero-order valence-corrected chi connectivity index (χ0v) is 21.2. The summed E-state index contributed by atoms with van der Waals surface area (Å²) in [6.45, 7) is 15.0. The van der Waals surface area contributed by atoms with Crippen molar-refractivity contribution in [1.82, 2.24) is 0 Å². The predicted octanol–water partition coefficient (Wildman–Crippen LogP) is 6.10. The summed E-state index contributed by atoms with van der Waals surface area (Å²) in [7, 11) is 0. The number of unbranched alkanes of at least 4 members (excludes halogenated alkanes) is 2. The third kappa shape index (κ3) is 18.9. The third-order valence-corrected chi connectivity index (χ3v) is 5.03. The Labute approximate surface area is 190 Å². The molecule has 6 heteroatoms. The summed E-state index contributed by atoms with van der Waals surface area (Å²) >= 11 is 0. The van der Waals surface area contributed by atoms with E-state index in [1.807, 2.05) is 6.92 Å². The average Bonchev–Trinajstić information content (AvgIpc) is 2.74. The molecule has 0 aliphatic heterocycles. The molecule has 0 rings (SSSR count). The van der Waals surface area contributed by atoms with Gasteiger partial charge in [-0.2, -0.15) is 0 Å². The third-order valence-electron chi connectivity index (χ3n) is 5.03. The van der Waals surface area contributed by atoms with E-state index < -0.39 is 17.9 Å². The van der Waals surface area contributed by atoms with Gasteiger partial charge < -0.3 is 14.2 Å². The SMILES string of the molecule is CCCCC(C)CC(C(=O)OCC)C(=O)OCC.CCCCC(C)CCC(=O)OCC. The van der Waals surface area contributed by atoms with E-state index in [1.54, 1.807) is 13.8 Å². The van der Waals surface area contributed by atoms with Crippen molar-refractivity contribution in [2.24, 2.45) is 17.8 Å². The summed E-state index contributed by atoms with van der Waals surface area (Å²) in [5.74, 6) is -0.755. The van der Waals surface area contributed by atoms with Crippen LogP contribution < -0.4 is 0 Å². The molecule has 0 heterocycles. The lowest BCUT2D eigenvalue weighted by atomic mass is 9.92. The summed E-state index contributed by atoms with van der Waals surface area (Å²) in [6.07, 6.45) is 9.05. The van der Waals surface area contributed by atoms with Crippen LogP contribution in [0, 0.1) is 17.8 Å². The predicted molar refractivity (Wildman–Crippen MR) is 125 cm³/mol. The van der Waals surface area contributed by atoms with Crippen LogP contribution in [0.25, 0.3) is 0 Å².